The molecule has 8 heteroatoms. The molecule has 1 heterocycles. The lowest BCUT2D eigenvalue weighted by atomic mass is 10.1. The van der Waals surface area contributed by atoms with Crippen molar-refractivity contribution in [2.75, 3.05) is 5.32 Å². The largest absolute Gasteiger partial charge is 0.320 e. The number of nitrogens with one attached hydrogen (secondary N) is 1. The van der Waals surface area contributed by atoms with Crippen molar-refractivity contribution in [3.63, 3.8) is 0 Å². The van der Waals surface area contributed by atoms with Crippen LogP contribution in [-0.4, -0.2) is 15.8 Å². The van der Waals surface area contributed by atoms with Crippen molar-refractivity contribution < 1.29 is 9.72 Å². The molecule has 0 spiro atoms. The van der Waals surface area contributed by atoms with Crippen LogP contribution in [0.2, 0.25) is 5.02 Å². The summed E-state index contributed by atoms with van der Waals surface area (Å²) in [5.74, 6) is -0.351. The second-order valence-electron chi connectivity index (χ2n) is 6.30. The SMILES string of the molecule is O=C(Nc1ccccc1Cl)c1sc(-c2ccccc2)nc1-c1ccc([N+](=O)[O-])cc1. The Morgan fingerprint density at radius 1 is 0.933 bits per heavy atom. The topological polar surface area (TPSA) is 85.1 Å². The minimum Gasteiger partial charge on any atom is -0.320 e. The van der Waals surface area contributed by atoms with Crippen LogP contribution < -0.4 is 5.32 Å². The number of carbonyl (C=O) groups is 1. The van der Waals surface area contributed by atoms with Crippen molar-refractivity contribution >= 4 is 40.2 Å². The van der Waals surface area contributed by atoms with E-state index in [2.05, 4.69) is 10.3 Å². The van der Waals surface area contributed by atoms with Gasteiger partial charge in [-0.05, 0) is 24.3 Å². The monoisotopic (exact) mass is 435 g/mol. The van der Waals surface area contributed by atoms with Gasteiger partial charge in [-0.1, -0.05) is 54.1 Å². The fraction of sp³-hybridized carbons (Fsp3) is 0. The molecule has 0 saturated carbocycles. The third-order valence-corrected chi connectivity index (χ3v) is 5.76. The minimum absolute atomic E-state index is 0.0284. The number of thiazole rings is 1. The summed E-state index contributed by atoms with van der Waals surface area (Å²) in [5, 5.41) is 14.9. The van der Waals surface area contributed by atoms with Gasteiger partial charge in [0.15, 0.2) is 0 Å². The molecule has 6 nitrogen and oxygen atoms in total. The molecule has 0 bridgehead atoms. The van der Waals surface area contributed by atoms with E-state index >= 15 is 0 Å². The van der Waals surface area contributed by atoms with E-state index in [-0.39, 0.29) is 11.6 Å². The number of para-hydroxylation sites is 1. The van der Waals surface area contributed by atoms with E-state index in [0.717, 1.165) is 5.56 Å². The predicted molar refractivity (Wildman–Crippen MR) is 119 cm³/mol. The van der Waals surface area contributed by atoms with Crippen LogP contribution in [-0.2, 0) is 0 Å². The second kappa shape index (κ2) is 8.44. The highest BCUT2D eigenvalue weighted by atomic mass is 35.5. The van der Waals surface area contributed by atoms with E-state index in [1.807, 2.05) is 30.3 Å². The maximum absolute atomic E-state index is 13.1. The Labute approximate surface area is 180 Å². The first-order chi connectivity index (χ1) is 14.5. The normalized spacial score (nSPS) is 10.6. The number of carbonyl (C=O) groups excluding carboxylic acids is 1. The molecule has 3 aromatic carbocycles. The van der Waals surface area contributed by atoms with Crippen LogP contribution in [0.15, 0.2) is 78.9 Å². The third kappa shape index (κ3) is 4.07. The van der Waals surface area contributed by atoms with Gasteiger partial charge in [-0.3, -0.25) is 14.9 Å². The Hall–Kier alpha value is -3.55. The van der Waals surface area contributed by atoms with Crippen molar-refractivity contribution in [1.82, 2.24) is 4.98 Å². The number of rotatable bonds is 5. The zero-order valence-corrected chi connectivity index (χ0v) is 17.0. The van der Waals surface area contributed by atoms with Crippen molar-refractivity contribution in [2.45, 2.75) is 0 Å². The van der Waals surface area contributed by atoms with E-state index in [0.29, 0.717) is 31.9 Å². The van der Waals surface area contributed by atoms with E-state index < -0.39 is 4.92 Å². The number of aromatic nitrogens is 1. The molecule has 0 unspecified atom stereocenters. The molecule has 30 heavy (non-hydrogen) atoms. The fourth-order valence-electron chi connectivity index (χ4n) is 2.86. The molecule has 148 valence electrons. The Morgan fingerprint density at radius 3 is 2.27 bits per heavy atom. The summed E-state index contributed by atoms with van der Waals surface area (Å²) in [5.41, 5.74) is 2.41. The maximum Gasteiger partial charge on any atom is 0.269 e. The number of benzene rings is 3. The zero-order chi connectivity index (χ0) is 21.1. The lowest BCUT2D eigenvalue weighted by Crippen LogP contribution is -2.11. The van der Waals surface area contributed by atoms with E-state index in [1.165, 1.54) is 23.5 Å². The highest BCUT2D eigenvalue weighted by molar-refractivity contribution is 7.17. The third-order valence-electron chi connectivity index (χ3n) is 4.33. The van der Waals surface area contributed by atoms with Crippen LogP contribution in [0.1, 0.15) is 9.67 Å². The molecule has 1 amide bonds. The van der Waals surface area contributed by atoms with Crippen molar-refractivity contribution in [2.24, 2.45) is 0 Å². The van der Waals surface area contributed by atoms with Crippen LogP contribution >= 0.6 is 22.9 Å². The zero-order valence-electron chi connectivity index (χ0n) is 15.4. The van der Waals surface area contributed by atoms with Gasteiger partial charge < -0.3 is 5.32 Å². The Kier molecular flexibility index (Phi) is 5.56. The molecule has 0 aliphatic carbocycles. The van der Waals surface area contributed by atoms with Crippen LogP contribution in [0, 0.1) is 10.1 Å². The van der Waals surface area contributed by atoms with Gasteiger partial charge in [-0.2, -0.15) is 0 Å². The number of nitro benzene ring substituents is 1. The summed E-state index contributed by atoms with van der Waals surface area (Å²) < 4.78 is 0. The van der Waals surface area contributed by atoms with Crippen LogP contribution in [0.25, 0.3) is 21.8 Å². The molecule has 0 atom stereocenters. The molecule has 1 N–H and O–H groups in total. The summed E-state index contributed by atoms with van der Waals surface area (Å²) in [6.45, 7) is 0. The first kappa shape index (κ1) is 19.8. The maximum atomic E-state index is 13.1. The number of hydrogen-bond donors (Lipinski definition) is 1. The Bertz CT molecular complexity index is 1220. The fourth-order valence-corrected chi connectivity index (χ4v) is 4.03. The van der Waals surface area contributed by atoms with Gasteiger partial charge in [-0.15, -0.1) is 11.3 Å². The van der Waals surface area contributed by atoms with Gasteiger partial charge in [0.25, 0.3) is 11.6 Å². The van der Waals surface area contributed by atoms with Crippen LogP contribution in [0.3, 0.4) is 0 Å². The van der Waals surface area contributed by atoms with Crippen molar-refractivity contribution in [3.05, 3.63) is 98.9 Å². The first-order valence-corrected chi connectivity index (χ1v) is 10.1. The summed E-state index contributed by atoms with van der Waals surface area (Å²) >= 11 is 7.42. The lowest BCUT2D eigenvalue weighted by Gasteiger charge is -2.07. The average molecular weight is 436 g/mol. The van der Waals surface area contributed by atoms with Crippen LogP contribution in [0.5, 0.6) is 0 Å². The molecule has 0 radical (unpaired) electrons. The van der Waals surface area contributed by atoms with Crippen molar-refractivity contribution in [3.8, 4) is 21.8 Å². The molecule has 0 aliphatic heterocycles. The second-order valence-corrected chi connectivity index (χ2v) is 7.71. The van der Waals surface area contributed by atoms with Gasteiger partial charge in [-0.25, -0.2) is 4.98 Å². The number of halogens is 1. The highest BCUT2D eigenvalue weighted by Crippen LogP contribution is 2.35. The van der Waals surface area contributed by atoms with Gasteiger partial charge in [0.2, 0.25) is 0 Å². The number of amides is 1. The highest BCUT2D eigenvalue weighted by Gasteiger charge is 2.21. The number of hydrogen-bond acceptors (Lipinski definition) is 5. The van der Waals surface area contributed by atoms with E-state index in [9.17, 15) is 14.9 Å². The molecule has 0 aliphatic rings. The molecule has 1 aromatic heterocycles. The van der Waals surface area contributed by atoms with Crippen molar-refractivity contribution in [1.29, 1.82) is 0 Å². The summed E-state index contributed by atoms with van der Waals surface area (Å²) in [6.07, 6.45) is 0. The molecule has 0 saturated heterocycles. The van der Waals surface area contributed by atoms with Gasteiger partial charge in [0.1, 0.15) is 9.88 Å². The first-order valence-electron chi connectivity index (χ1n) is 8.90. The molecular formula is C22H14ClN3O3S. The summed E-state index contributed by atoms with van der Waals surface area (Å²) in [4.78, 5) is 28.6. The molecule has 4 rings (SSSR count). The summed E-state index contributed by atoms with van der Waals surface area (Å²) in [6, 6.07) is 22.4. The van der Waals surface area contributed by atoms with Gasteiger partial charge >= 0.3 is 0 Å². The molecular weight excluding hydrogens is 422 g/mol. The lowest BCUT2D eigenvalue weighted by molar-refractivity contribution is -0.384. The summed E-state index contributed by atoms with van der Waals surface area (Å²) in [7, 11) is 0. The van der Waals surface area contributed by atoms with E-state index in [1.54, 1.807) is 36.4 Å². The molecule has 4 aromatic rings. The number of non-ortho nitro benzene ring substituents is 1. The number of nitrogens with zero attached hydrogens (tertiary/aromatic N) is 2. The minimum atomic E-state index is -0.467. The standard InChI is InChI=1S/C22H14ClN3O3S/c23-17-8-4-5-9-18(17)24-21(27)20-19(14-10-12-16(13-11-14)26(28)29)25-22(30-20)15-6-2-1-3-7-15/h1-13H,(H,24,27). The van der Waals surface area contributed by atoms with E-state index in [4.69, 9.17) is 11.6 Å². The Balaban J connectivity index is 1.77. The van der Waals surface area contributed by atoms with Gasteiger partial charge in [0.05, 0.1) is 21.3 Å². The van der Waals surface area contributed by atoms with Gasteiger partial charge in [0, 0.05) is 23.3 Å². The number of nitro groups is 1. The number of anilines is 1. The Morgan fingerprint density at radius 2 is 1.60 bits per heavy atom. The predicted octanol–water partition coefficient (Wildman–Crippen LogP) is 6.29. The molecule has 0 fully saturated rings. The smallest absolute Gasteiger partial charge is 0.269 e. The average Bonchev–Trinajstić information content (AvgIpc) is 3.22. The van der Waals surface area contributed by atoms with Crippen LogP contribution in [0.4, 0.5) is 11.4 Å². The quantitative estimate of drug-likeness (QED) is 0.295.